The summed E-state index contributed by atoms with van der Waals surface area (Å²) in [5.41, 5.74) is 0.645. The molecule has 5 nitrogen and oxygen atoms in total. The predicted octanol–water partition coefficient (Wildman–Crippen LogP) is 2.39. The van der Waals surface area contributed by atoms with Crippen LogP contribution in [-0.4, -0.2) is 22.1 Å². The van der Waals surface area contributed by atoms with Gasteiger partial charge < -0.3 is 15.5 Å². The van der Waals surface area contributed by atoms with Crippen molar-refractivity contribution >= 4 is 17.6 Å². The molecule has 0 bridgehead atoms. The fourth-order valence-corrected chi connectivity index (χ4v) is 1.41. The average molecular weight is 249 g/mol. The number of anilines is 1. The molecule has 1 rings (SSSR count). The molecule has 5 heteroatoms. The second-order valence-electron chi connectivity index (χ2n) is 3.79. The number of hydrogen-bond donors (Lipinski definition) is 3. The van der Waals surface area contributed by atoms with Gasteiger partial charge in [-0.25, -0.2) is 4.79 Å². The number of rotatable bonds is 4. The third-order valence-corrected chi connectivity index (χ3v) is 2.35. The van der Waals surface area contributed by atoms with E-state index in [-0.39, 0.29) is 17.2 Å². The molecule has 0 unspecified atom stereocenters. The van der Waals surface area contributed by atoms with Crippen LogP contribution < -0.4 is 5.32 Å². The molecule has 1 aromatic carbocycles. The molecule has 3 N–H and O–H groups in total. The van der Waals surface area contributed by atoms with Crippen molar-refractivity contribution in [2.45, 2.75) is 20.3 Å². The van der Waals surface area contributed by atoms with Gasteiger partial charge in [0.05, 0.1) is 0 Å². The monoisotopic (exact) mass is 249 g/mol. The van der Waals surface area contributed by atoms with Crippen LogP contribution in [0.1, 0.15) is 30.6 Å². The molecular weight excluding hydrogens is 234 g/mol. The van der Waals surface area contributed by atoms with Gasteiger partial charge in [0.25, 0.3) is 5.91 Å². The number of aromatic carboxylic acids is 1. The van der Waals surface area contributed by atoms with Crippen LogP contribution in [0.2, 0.25) is 0 Å². The molecule has 0 fully saturated rings. The van der Waals surface area contributed by atoms with Gasteiger partial charge in [-0.15, -0.1) is 0 Å². The van der Waals surface area contributed by atoms with Crippen LogP contribution >= 0.6 is 0 Å². The molecule has 0 aliphatic carbocycles. The average Bonchev–Trinajstić information content (AvgIpc) is 2.31. The number of nitrogens with one attached hydrogen (secondary N) is 1. The second-order valence-corrected chi connectivity index (χ2v) is 3.79. The highest BCUT2D eigenvalue weighted by molar-refractivity contribution is 6.04. The molecule has 0 saturated heterocycles. The minimum Gasteiger partial charge on any atom is -0.507 e. The Hall–Kier alpha value is -2.30. The first kappa shape index (κ1) is 13.8. The first-order valence-electron chi connectivity index (χ1n) is 5.50. The van der Waals surface area contributed by atoms with Gasteiger partial charge in [0.1, 0.15) is 11.3 Å². The van der Waals surface area contributed by atoms with Crippen molar-refractivity contribution in [1.29, 1.82) is 0 Å². The van der Waals surface area contributed by atoms with Crippen molar-refractivity contribution < 1.29 is 19.8 Å². The number of benzene rings is 1. The lowest BCUT2D eigenvalue weighted by molar-refractivity contribution is -0.112. The Morgan fingerprint density at radius 1 is 1.39 bits per heavy atom. The second kappa shape index (κ2) is 5.86. The third-order valence-electron chi connectivity index (χ3n) is 2.35. The molecule has 0 aromatic heterocycles. The summed E-state index contributed by atoms with van der Waals surface area (Å²) in [7, 11) is 0. The zero-order valence-electron chi connectivity index (χ0n) is 10.2. The number of carbonyl (C=O) groups is 2. The Labute approximate surface area is 105 Å². The maximum atomic E-state index is 11.7. The topological polar surface area (TPSA) is 86.6 Å². The van der Waals surface area contributed by atoms with Crippen molar-refractivity contribution in [3.8, 4) is 5.75 Å². The maximum Gasteiger partial charge on any atom is 0.339 e. The summed E-state index contributed by atoms with van der Waals surface area (Å²) in [6, 6.07) is 3.89. The normalized spacial score (nSPS) is 11.1. The molecule has 0 atom stereocenters. The number of carboxylic acids is 1. The number of carboxylic acid groups (broad SMARTS) is 1. The minimum atomic E-state index is -1.25. The molecule has 0 saturated carbocycles. The van der Waals surface area contributed by atoms with E-state index in [0.29, 0.717) is 11.3 Å². The Morgan fingerprint density at radius 3 is 2.61 bits per heavy atom. The molecule has 0 radical (unpaired) electrons. The van der Waals surface area contributed by atoms with Crippen molar-refractivity contribution in [3.63, 3.8) is 0 Å². The summed E-state index contributed by atoms with van der Waals surface area (Å²) >= 11 is 0. The number of allylic oxidation sites excluding steroid dienone is 1. The fourth-order valence-electron chi connectivity index (χ4n) is 1.41. The van der Waals surface area contributed by atoms with Crippen molar-refractivity contribution in [1.82, 2.24) is 0 Å². The molecule has 18 heavy (non-hydrogen) atoms. The molecule has 0 aliphatic rings. The molecule has 0 heterocycles. The predicted molar refractivity (Wildman–Crippen MR) is 67.7 cm³/mol. The molecule has 0 spiro atoms. The van der Waals surface area contributed by atoms with E-state index in [4.69, 9.17) is 5.11 Å². The van der Waals surface area contributed by atoms with Crippen LogP contribution in [0.4, 0.5) is 5.69 Å². The number of aromatic hydroxyl groups is 1. The highest BCUT2D eigenvalue weighted by Crippen LogP contribution is 2.21. The summed E-state index contributed by atoms with van der Waals surface area (Å²) in [5, 5.41) is 20.7. The van der Waals surface area contributed by atoms with E-state index in [2.05, 4.69) is 5.32 Å². The lowest BCUT2D eigenvalue weighted by atomic mass is 10.1. The maximum absolute atomic E-state index is 11.7. The van der Waals surface area contributed by atoms with Gasteiger partial charge in [0.2, 0.25) is 0 Å². The third kappa shape index (κ3) is 3.35. The van der Waals surface area contributed by atoms with E-state index >= 15 is 0 Å². The van der Waals surface area contributed by atoms with E-state index in [0.717, 1.165) is 6.42 Å². The Bertz CT molecular complexity index is 506. The summed E-state index contributed by atoms with van der Waals surface area (Å²) in [4.78, 5) is 22.5. The summed E-state index contributed by atoms with van der Waals surface area (Å²) in [5.74, 6) is -1.87. The van der Waals surface area contributed by atoms with Gasteiger partial charge in [-0.1, -0.05) is 13.0 Å². The van der Waals surface area contributed by atoms with Crippen LogP contribution in [0.3, 0.4) is 0 Å². The standard InChI is InChI=1S/C13H15NO4/c1-3-4-8(2)12(16)14-9-5-6-11(15)10(7-9)13(17)18/h4-7,15H,3H2,1-2H3,(H,14,16)(H,17,18)/b8-4+. The van der Waals surface area contributed by atoms with Crippen LogP contribution in [0, 0.1) is 0 Å². The smallest absolute Gasteiger partial charge is 0.339 e. The highest BCUT2D eigenvalue weighted by atomic mass is 16.4. The zero-order valence-corrected chi connectivity index (χ0v) is 10.2. The van der Waals surface area contributed by atoms with Gasteiger partial charge in [-0.2, -0.15) is 0 Å². The molecule has 1 aromatic rings. The largest absolute Gasteiger partial charge is 0.507 e. The van der Waals surface area contributed by atoms with Crippen molar-refractivity contribution in [3.05, 3.63) is 35.4 Å². The quantitative estimate of drug-likeness (QED) is 0.564. The van der Waals surface area contributed by atoms with Gasteiger partial charge in [-0.05, 0) is 31.5 Å². The van der Waals surface area contributed by atoms with E-state index in [1.807, 2.05) is 6.92 Å². The van der Waals surface area contributed by atoms with Gasteiger partial charge in [0, 0.05) is 11.3 Å². The van der Waals surface area contributed by atoms with Crippen LogP contribution in [-0.2, 0) is 4.79 Å². The van der Waals surface area contributed by atoms with Crippen molar-refractivity contribution in [2.75, 3.05) is 5.32 Å². The lowest BCUT2D eigenvalue weighted by Crippen LogP contribution is -2.13. The summed E-state index contributed by atoms with van der Waals surface area (Å²) in [6.07, 6.45) is 2.52. The number of hydrogen-bond acceptors (Lipinski definition) is 3. The van der Waals surface area contributed by atoms with E-state index in [1.165, 1.54) is 18.2 Å². The molecule has 0 aliphatic heterocycles. The van der Waals surface area contributed by atoms with E-state index in [1.54, 1.807) is 13.0 Å². The zero-order chi connectivity index (χ0) is 13.7. The Morgan fingerprint density at radius 2 is 2.06 bits per heavy atom. The van der Waals surface area contributed by atoms with Gasteiger partial charge in [-0.3, -0.25) is 4.79 Å². The summed E-state index contributed by atoms with van der Waals surface area (Å²) < 4.78 is 0. The lowest BCUT2D eigenvalue weighted by Gasteiger charge is -2.07. The number of phenols is 1. The van der Waals surface area contributed by atoms with E-state index < -0.39 is 5.97 Å². The van der Waals surface area contributed by atoms with Gasteiger partial charge >= 0.3 is 5.97 Å². The molecule has 96 valence electrons. The first-order chi connectivity index (χ1) is 8.45. The number of amides is 1. The first-order valence-corrected chi connectivity index (χ1v) is 5.50. The summed E-state index contributed by atoms with van der Waals surface area (Å²) in [6.45, 7) is 3.59. The molecule has 1 amide bonds. The van der Waals surface area contributed by atoms with Crippen molar-refractivity contribution in [2.24, 2.45) is 0 Å². The SMILES string of the molecule is CC/C=C(\C)C(=O)Nc1ccc(O)c(C(=O)O)c1. The molecular formula is C13H15NO4. The Balaban J connectivity index is 2.93. The minimum absolute atomic E-state index is 0.245. The van der Waals surface area contributed by atoms with Crippen LogP contribution in [0.15, 0.2) is 29.8 Å². The number of carbonyl (C=O) groups excluding carboxylic acids is 1. The van der Waals surface area contributed by atoms with Crippen LogP contribution in [0.25, 0.3) is 0 Å². The fraction of sp³-hybridized carbons (Fsp3) is 0.231. The van der Waals surface area contributed by atoms with E-state index in [9.17, 15) is 14.7 Å². The Kier molecular flexibility index (Phi) is 4.48. The van der Waals surface area contributed by atoms with Crippen LogP contribution in [0.5, 0.6) is 5.75 Å². The van der Waals surface area contributed by atoms with Gasteiger partial charge in [0.15, 0.2) is 0 Å². The highest BCUT2D eigenvalue weighted by Gasteiger charge is 2.11.